The molecule has 0 amide bonds. The summed E-state index contributed by atoms with van der Waals surface area (Å²) in [4.78, 5) is 1.44. The molecule has 0 aliphatic carbocycles. The van der Waals surface area contributed by atoms with Gasteiger partial charge in [0, 0.05) is 0 Å². The third-order valence-electron chi connectivity index (χ3n) is 0. The van der Waals surface area contributed by atoms with Gasteiger partial charge in [-0.2, -0.15) is 0 Å². The van der Waals surface area contributed by atoms with E-state index >= 15 is 0 Å². The molecule has 0 aromatic rings. The summed E-state index contributed by atoms with van der Waals surface area (Å²) in [6, 6.07) is 0. The van der Waals surface area contributed by atoms with E-state index in [0.29, 0.717) is 0 Å². The molecule has 0 radical (unpaired) electrons. The molecule has 0 aliphatic rings. The Morgan fingerprint density at radius 1 is 1.40 bits per heavy atom. The van der Waals surface area contributed by atoms with E-state index in [1.165, 1.54) is 4.98 Å². The first kappa shape index (κ1) is 16.4. The van der Waals surface area contributed by atoms with Crippen LogP contribution in [0.4, 0.5) is 0 Å². The standard InChI is InChI=1S/C2H5.2ClH.Ga.2H/c1-2;;;;;/h1H2,2H3;2*1H;;;. The first-order valence-electron chi connectivity index (χ1n) is 1.41. The average Bonchev–Trinajstić information content (AvgIpc) is 0.918. The monoisotopic (exact) mass is 172 g/mol. The largest absolute Gasteiger partial charge is 0.147 e. The Hall–Kier alpha value is 1.22. The maximum Gasteiger partial charge on any atom is -0.147 e. The normalized spacial score (nSPS) is 3.40. The van der Waals surface area contributed by atoms with Gasteiger partial charge < -0.3 is 0 Å². The van der Waals surface area contributed by atoms with Gasteiger partial charge in [-0.3, -0.25) is 0 Å². The molecule has 0 fully saturated rings. The minimum atomic E-state index is 0. The summed E-state index contributed by atoms with van der Waals surface area (Å²) >= 11 is 1.10. The first-order chi connectivity index (χ1) is 1.41. The van der Waals surface area contributed by atoms with Gasteiger partial charge in [0.1, 0.15) is 0 Å². The van der Waals surface area contributed by atoms with E-state index in [1.807, 2.05) is 0 Å². The molecule has 0 saturated heterocycles. The summed E-state index contributed by atoms with van der Waals surface area (Å²) in [6.45, 7) is 2.21. The van der Waals surface area contributed by atoms with Crippen molar-refractivity contribution < 1.29 is 0 Å². The molecule has 0 heterocycles. The first-order valence-corrected chi connectivity index (χ1v) is 4.38. The van der Waals surface area contributed by atoms with Crippen molar-refractivity contribution in [1.29, 1.82) is 0 Å². The third-order valence-corrected chi connectivity index (χ3v) is 0. The molecule has 0 bridgehead atoms. The van der Waals surface area contributed by atoms with Crippen molar-refractivity contribution in [1.82, 2.24) is 0 Å². The number of halogens is 2. The topological polar surface area (TPSA) is 0 Å². The van der Waals surface area contributed by atoms with Crippen LogP contribution in [0.1, 0.15) is 6.92 Å². The Labute approximate surface area is 55.5 Å². The van der Waals surface area contributed by atoms with Crippen LogP contribution in [0.5, 0.6) is 0 Å². The van der Waals surface area contributed by atoms with E-state index < -0.39 is 0 Å². The minimum Gasteiger partial charge on any atom is -0.147 e. The van der Waals surface area contributed by atoms with Crippen molar-refractivity contribution in [2.75, 3.05) is 0 Å². The van der Waals surface area contributed by atoms with Gasteiger partial charge in [0.15, 0.2) is 0 Å². The molecule has 0 rings (SSSR count). The van der Waals surface area contributed by atoms with E-state index in [4.69, 9.17) is 0 Å². The van der Waals surface area contributed by atoms with E-state index in [0.717, 1.165) is 18.6 Å². The van der Waals surface area contributed by atoms with Crippen LogP contribution in [0.2, 0.25) is 4.98 Å². The van der Waals surface area contributed by atoms with E-state index in [9.17, 15) is 0 Å². The third kappa shape index (κ3) is 36.5. The predicted octanol–water partition coefficient (Wildman–Crippen LogP) is 0.901. The van der Waals surface area contributed by atoms with E-state index in [-0.39, 0.29) is 24.8 Å². The average molecular weight is 174 g/mol. The van der Waals surface area contributed by atoms with Gasteiger partial charge in [-0.15, -0.1) is 24.8 Å². The second-order valence-electron chi connectivity index (χ2n) is 0.707. The van der Waals surface area contributed by atoms with E-state index in [1.54, 1.807) is 0 Å². The second kappa shape index (κ2) is 18.9. The Balaban J connectivity index is -0.0000000200. The fourth-order valence-electron chi connectivity index (χ4n) is 0. The van der Waals surface area contributed by atoms with Crippen LogP contribution in [-0.2, 0) is 0 Å². The van der Waals surface area contributed by atoms with Crippen molar-refractivity contribution in [3.63, 3.8) is 0 Å². The van der Waals surface area contributed by atoms with Gasteiger partial charge in [0.25, 0.3) is 0 Å². The molecule has 0 aliphatic heterocycles. The molecule has 0 spiro atoms. The molecule has 0 unspecified atom stereocenters. The maximum absolute atomic E-state index is 2.21. The smallest absolute Gasteiger partial charge is 0.147 e. The molecule has 0 aromatic heterocycles. The Kier molecular flexibility index (Phi) is 61.7. The molecule has 3 heteroatoms. The van der Waals surface area contributed by atoms with Crippen molar-refractivity contribution in [2.24, 2.45) is 0 Å². The van der Waals surface area contributed by atoms with E-state index in [2.05, 4.69) is 6.92 Å². The molecule has 0 N–H and O–H groups in total. The van der Waals surface area contributed by atoms with Crippen molar-refractivity contribution >= 4 is 43.4 Å². The zero-order valence-electron chi connectivity index (χ0n) is 3.52. The van der Waals surface area contributed by atoms with Crippen LogP contribution in [0, 0.1) is 0 Å². The fraction of sp³-hybridized carbons (Fsp3) is 1.00. The molecule has 34 valence electrons. The zero-order valence-corrected chi connectivity index (χ0v) is 9.35. The summed E-state index contributed by atoms with van der Waals surface area (Å²) in [5, 5.41) is 0. The predicted molar refractivity (Wildman–Crippen MR) is 33.5 cm³/mol. The molecule has 0 saturated carbocycles. The maximum atomic E-state index is 2.21. The molecular weight excluding hydrogens is 165 g/mol. The van der Waals surface area contributed by atoms with Crippen LogP contribution < -0.4 is 0 Å². The molecule has 5 heavy (non-hydrogen) atoms. The Morgan fingerprint density at radius 3 is 1.40 bits per heavy atom. The number of rotatable bonds is 0. The van der Waals surface area contributed by atoms with Gasteiger partial charge in [-0.25, -0.2) is 0 Å². The molecule has 0 atom stereocenters. The van der Waals surface area contributed by atoms with Gasteiger partial charge in [0.2, 0.25) is 0 Å². The summed E-state index contributed by atoms with van der Waals surface area (Å²) < 4.78 is 0. The van der Waals surface area contributed by atoms with Gasteiger partial charge in [-0.1, -0.05) is 0 Å². The van der Waals surface area contributed by atoms with Crippen molar-refractivity contribution in [2.45, 2.75) is 11.9 Å². The van der Waals surface area contributed by atoms with Crippen LogP contribution in [0.3, 0.4) is 0 Å². The summed E-state index contributed by atoms with van der Waals surface area (Å²) in [5.74, 6) is 0. The van der Waals surface area contributed by atoms with Crippen LogP contribution in [-0.4, -0.2) is 18.6 Å². The molecule has 0 aromatic carbocycles. The van der Waals surface area contributed by atoms with Crippen molar-refractivity contribution in [3.8, 4) is 0 Å². The molecular formula is C2H9Cl2Ga. The fourth-order valence-corrected chi connectivity index (χ4v) is 0. The zero-order chi connectivity index (χ0) is 2.71. The van der Waals surface area contributed by atoms with Crippen LogP contribution in [0.15, 0.2) is 0 Å². The number of hydrogen-bond acceptors (Lipinski definition) is 0. The van der Waals surface area contributed by atoms with Gasteiger partial charge >= 0.3 is 30.5 Å². The van der Waals surface area contributed by atoms with Gasteiger partial charge in [-0.05, 0) is 0 Å². The SMILES string of the molecule is C[CH2][GaH2].Cl.Cl. The summed E-state index contributed by atoms with van der Waals surface area (Å²) in [7, 11) is 0. The van der Waals surface area contributed by atoms with Crippen LogP contribution >= 0.6 is 24.8 Å². The minimum absolute atomic E-state index is 0. The summed E-state index contributed by atoms with van der Waals surface area (Å²) in [6.07, 6.45) is 0. The van der Waals surface area contributed by atoms with Crippen molar-refractivity contribution in [3.05, 3.63) is 0 Å². The number of hydrogen-bond donors (Lipinski definition) is 0. The Morgan fingerprint density at radius 2 is 1.40 bits per heavy atom. The quantitative estimate of drug-likeness (QED) is 0.478. The second-order valence-corrected chi connectivity index (χ2v) is 3.67. The van der Waals surface area contributed by atoms with Gasteiger partial charge in [0.05, 0.1) is 0 Å². The van der Waals surface area contributed by atoms with Crippen LogP contribution in [0.25, 0.3) is 0 Å². The molecule has 0 nitrogen and oxygen atoms in total. The Bertz CT molecular complexity index is 7.61. The summed E-state index contributed by atoms with van der Waals surface area (Å²) in [5.41, 5.74) is 0.